The van der Waals surface area contributed by atoms with Crippen LogP contribution in [0.1, 0.15) is 50.8 Å². The first-order chi connectivity index (χ1) is 26.3. The summed E-state index contributed by atoms with van der Waals surface area (Å²) < 4.78 is 0. The van der Waals surface area contributed by atoms with Crippen LogP contribution in [0, 0.1) is 12.3 Å². The van der Waals surface area contributed by atoms with Gasteiger partial charge in [0.1, 0.15) is 0 Å². The van der Waals surface area contributed by atoms with E-state index in [0.29, 0.717) is 0 Å². The Morgan fingerprint density at radius 1 is 0.593 bits per heavy atom. The Morgan fingerprint density at radius 3 is 1.81 bits per heavy atom. The van der Waals surface area contributed by atoms with E-state index in [1.807, 2.05) is 0 Å². The van der Waals surface area contributed by atoms with Crippen molar-refractivity contribution in [3.63, 3.8) is 0 Å². The molecule has 7 aromatic carbocycles. The van der Waals surface area contributed by atoms with E-state index in [9.17, 15) is 0 Å². The molecule has 0 aliphatic carbocycles. The molecule has 0 aromatic heterocycles. The highest BCUT2D eigenvalue weighted by Crippen LogP contribution is 2.40. The molecule has 0 radical (unpaired) electrons. The first-order valence-corrected chi connectivity index (χ1v) is 19.1. The van der Waals surface area contributed by atoms with Crippen LogP contribution in [0.3, 0.4) is 0 Å². The molecule has 2 nitrogen and oxygen atoms in total. The van der Waals surface area contributed by atoms with Crippen molar-refractivity contribution in [2.45, 2.75) is 47.5 Å². The molecule has 0 unspecified atom stereocenters. The van der Waals surface area contributed by atoms with Crippen molar-refractivity contribution >= 4 is 56.1 Å². The number of nitrogens with zero attached hydrogens (tertiary/aromatic N) is 2. The number of allylic oxidation sites excluding steroid dienone is 4. The van der Waals surface area contributed by atoms with E-state index in [-0.39, 0.29) is 5.41 Å². The third-order valence-corrected chi connectivity index (χ3v) is 9.94. The summed E-state index contributed by atoms with van der Waals surface area (Å²) in [5.41, 5.74) is 10.8. The van der Waals surface area contributed by atoms with Crippen molar-refractivity contribution in [3.8, 4) is 0 Å². The van der Waals surface area contributed by atoms with Gasteiger partial charge in [0.2, 0.25) is 0 Å². The third kappa shape index (κ3) is 8.40. The summed E-state index contributed by atoms with van der Waals surface area (Å²) in [6.07, 6.45) is 13.1. The van der Waals surface area contributed by atoms with Gasteiger partial charge in [-0.3, -0.25) is 0 Å². The molecule has 0 heterocycles. The Kier molecular flexibility index (Phi) is 10.9. The molecule has 54 heavy (non-hydrogen) atoms. The van der Waals surface area contributed by atoms with E-state index < -0.39 is 0 Å². The Bertz CT molecular complexity index is 2430. The molecular formula is C52H50N2. The Hall–Kier alpha value is -6.12. The van der Waals surface area contributed by atoms with Gasteiger partial charge in [-0.25, -0.2) is 0 Å². The maximum absolute atomic E-state index is 2.40. The van der Waals surface area contributed by atoms with E-state index in [0.717, 1.165) is 52.5 Å². The third-order valence-electron chi connectivity index (χ3n) is 9.94. The molecule has 0 spiro atoms. The molecule has 0 atom stereocenters. The molecular weight excluding hydrogens is 653 g/mol. The summed E-state index contributed by atoms with van der Waals surface area (Å²) >= 11 is 0. The number of hydrogen-bond acceptors (Lipinski definition) is 2. The number of rotatable bonds is 11. The monoisotopic (exact) mass is 702 g/mol. The summed E-state index contributed by atoms with van der Waals surface area (Å²) in [5.74, 6) is 0. The molecule has 0 N–H and O–H groups in total. The SMILES string of the molecule is C\C=C/C(=C\C=C\c1ccc(N(c2ccc(C)cc2)c2cccc3ccccc23)cc1)N(c1cccc(CCC(C)(C)C)c1)c1cccc2ccccc12. The molecule has 7 aromatic rings. The zero-order valence-electron chi connectivity index (χ0n) is 32.2. The number of fused-ring (bicyclic) bond motifs is 2. The van der Waals surface area contributed by atoms with Crippen LogP contribution < -0.4 is 9.80 Å². The van der Waals surface area contributed by atoms with Crippen molar-refractivity contribution in [1.29, 1.82) is 0 Å². The smallest absolute Gasteiger partial charge is 0.0540 e. The summed E-state index contributed by atoms with van der Waals surface area (Å²) in [6.45, 7) is 11.2. The maximum atomic E-state index is 2.40. The quantitative estimate of drug-likeness (QED) is 0.124. The van der Waals surface area contributed by atoms with Crippen LogP contribution in [-0.4, -0.2) is 0 Å². The number of aryl methyl sites for hydroxylation is 2. The van der Waals surface area contributed by atoms with Crippen LogP contribution in [0.5, 0.6) is 0 Å². The maximum Gasteiger partial charge on any atom is 0.0540 e. The lowest BCUT2D eigenvalue weighted by Gasteiger charge is -2.28. The Balaban J connectivity index is 1.25. The van der Waals surface area contributed by atoms with E-state index in [1.54, 1.807) is 0 Å². The van der Waals surface area contributed by atoms with Gasteiger partial charge in [0.05, 0.1) is 11.4 Å². The lowest BCUT2D eigenvalue weighted by molar-refractivity contribution is 0.378. The largest absolute Gasteiger partial charge is 0.310 e. The highest BCUT2D eigenvalue weighted by Gasteiger charge is 2.18. The molecule has 0 saturated heterocycles. The van der Waals surface area contributed by atoms with Gasteiger partial charge in [-0.05, 0) is 115 Å². The fourth-order valence-electron chi connectivity index (χ4n) is 7.09. The molecule has 268 valence electrons. The predicted octanol–water partition coefficient (Wildman–Crippen LogP) is 15.1. The molecule has 0 aliphatic rings. The van der Waals surface area contributed by atoms with Crippen LogP contribution in [0.25, 0.3) is 27.6 Å². The minimum absolute atomic E-state index is 0.277. The van der Waals surface area contributed by atoms with Crippen molar-refractivity contribution in [3.05, 3.63) is 204 Å². The molecule has 0 amide bonds. The standard InChI is InChI=1S/C52H50N2/c1-6-15-44(54(51-27-14-21-43-19-8-10-25-49(43)51)47-23-12-17-41(38-47)36-37-52(3,4)5)22-11-16-40-30-34-46(35-31-40)53(45-32-28-39(2)29-33-45)50-26-13-20-42-18-7-9-24-48(42)50/h6-35,38H,36-37H2,1-5H3/b15-6-,16-11+,44-22+. The lowest BCUT2D eigenvalue weighted by Crippen LogP contribution is -2.16. The highest BCUT2D eigenvalue weighted by atomic mass is 15.2. The topological polar surface area (TPSA) is 6.48 Å². The van der Waals surface area contributed by atoms with E-state index >= 15 is 0 Å². The molecule has 0 saturated carbocycles. The van der Waals surface area contributed by atoms with Crippen LogP contribution in [0.4, 0.5) is 28.4 Å². The Morgan fingerprint density at radius 2 is 1.17 bits per heavy atom. The van der Waals surface area contributed by atoms with Crippen molar-refractivity contribution in [1.82, 2.24) is 0 Å². The van der Waals surface area contributed by atoms with Crippen LogP contribution >= 0.6 is 0 Å². The zero-order valence-corrected chi connectivity index (χ0v) is 32.2. The average Bonchev–Trinajstić information content (AvgIpc) is 3.19. The van der Waals surface area contributed by atoms with Gasteiger partial charge in [-0.2, -0.15) is 0 Å². The van der Waals surface area contributed by atoms with Crippen LogP contribution in [-0.2, 0) is 6.42 Å². The van der Waals surface area contributed by atoms with Crippen molar-refractivity contribution in [2.75, 3.05) is 9.80 Å². The molecule has 0 fully saturated rings. The number of benzene rings is 7. The van der Waals surface area contributed by atoms with Crippen LogP contribution in [0.2, 0.25) is 0 Å². The molecule has 2 heteroatoms. The average molecular weight is 703 g/mol. The summed E-state index contributed by atoms with van der Waals surface area (Å²) in [5, 5.41) is 4.90. The van der Waals surface area contributed by atoms with E-state index in [4.69, 9.17) is 0 Å². The molecule has 7 rings (SSSR count). The lowest BCUT2D eigenvalue weighted by atomic mass is 9.88. The molecule has 0 aliphatic heterocycles. The predicted molar refractivity (Wildman–Crippen MR) is 236 cm³/mol. The molecule has 0 bridgehead atoms. The highest BCUT2D eigenvalue weighted by molar-refractivity contribution is 5.99. The van der Waals surface area contributed by atoms with Crippen molar-refractivity contribution < 1.29 is 0 Å². The fourth-order valence-corrected chi connectivity index (χ4v) is 7.09. The normalized spacial score (nSPS) is 12.3. The Labute approximate surface area is 322 Å². The van der Waals surface area contributed by atoms with Gasteiger partial charge in [0.15, 0.2) is 0 Å². The van der Waals surface area contributed by atoms with Gasteiger partial charge >= 0.3 is 0 Å². The van der Waals surface area contributed by atoms with Gasteiger partial charge in [-0.15, -0.1) is 0 Å². The first kappa shape index (κ1) is 36.2. The zero-order chi connectivity index (χ0) is 37.5. The second-order valence-electron chi connectivity index (χ2n) is 15.3. The van der Waals surface area contributed by atoms with Crippen LogP contribution in [0.15, 0.2) is 188 Å². The van der Waals surface area contributed by atoms with Gasteiger partial charge in [0, 0.05) is 33.5 Å². The minimum atomic E-state index is 0.277. The number of hydrogen-bond donors (Lipinski definition) is 0. The van der Waals surface area contributed by atoms with Gasteiger partial charge < -0.3 is 9.80 Å². The number of anilines is 5. The van der Waals surface area contributed by atoms with E-state index in [2.05, 4.69) is 233 Å². The summed E-state index contributed by atoms with van der Waals surface area (Å²) in [6, 6.07) is 57.1. The summed E-state index contributed by atoms with van der Waals surface area (Å²) in [4.78, 5) is 4.76. The van der Waals surface area contributed by atoms with Gasteiger partial charge in [0.25, 0.3) is 0 Å². The van der Waals surface area contributed by atoms with Crippen molar-refractivity contribution in [2.24, 2.45) is 5.41 Å². The fraction of sp³-hybridized carbons (Fsp3) is 0.154. The van der Waals surface area contributed by atoms with E-state index in [1.165, 1.54) is 32.7 Å². The minimum Gasteiger partial charge on any atom is -0.310 e. The van der Waals surface area contributed by atoms with Gasteiger partial charge in [-0.1, -0.05) is 154 Å². The summed E-state index contributed by atoms with van der Waals surface area (Å²) in [7, 11) is 0. The second kappa shape index (κ2) is 16.3. The first-order valence-electron chi connectivity index (χ1n) is 19.1. The second-order valence-corrected chi connectivity index (χ2v) is 15.3.